The van der Waals surface area contributed by atoms with Gasteiger partial charge in [0, 0.05) is 25.3 Å². The fourth-order valence-electron chi connectivity index (χ4n) is 1.68. The Kier molecular flexibility index (Phi) is 4.89. The summed E-state index contributed by atoms with van der Waals surface area (Å²) in [6, 6.07) is 1.65. The van der Waals surface area contributed by atoms with Gasteiger partial charge in [-0.2, -0.15) is 0 Å². The first kappa shape index (κ1) is 15.4. The van der Waals surface area contributed by atoms with Gasteiger partial charge in [0.05, 0.1) is 17.9 Å². The number of pyridine rings is 1. The van der Waals surface area contributed by atoms with E-state index >= 15 is 0 Å². The molecule has 0 atom stereocenters. The summed E-state index contributed by atoms with van der Waals surface area (Å²) in [5, 5.41) is 9.20. The highest BCUT2D eigenvalue weighted by Gasteiger charge is 2.19. The predicted octanol–water partition coefficient (Wildman–Crippen LogP) is 2.59. The third-order valence-corrected chi connectivity index (χ3v) is 3.02. The number of aromatic carboxylic acids is 1. The molecule has 0 bridgehead atoms. The molecule has 0 amide bonds. The smallest absolute Gasteiger partial charge is 0.341 e. The highest BCUT2D eigenvalue weighted by molar-refractivity contribution is 5.92. The lowest BCUT2D eigenvalue weighted by atomic mass is 10.1. The number of carboxylic acids is 1. The molecule has 1 N–H and O–H groups in total. The van der Waals surface area contributed by atoms with Gasteiger partial charge in [-0.25, -0.2) is 4.79 Å². The van der Waals surface area contributed by atoms with Crippen LogP contribution < -0.4 is 4.74 Å². The first-order valence-corrected chi connectivity index (χ1v) is 6.16. The van der Waals surface area contributed by atoms with Gasteiger partial charge in [-0.3, -0.25) is 4.98 Å². The number of carboxylic acid groups (broad SMARTS) is 1. The SMILES string of the molecule is COC(C)(C)CCOc1cc(C)nc(C)c1C(=O)O. The molecule has 1 aromatic rings. The Bertz CT molecular complexity index is 469. The van der Waals surface area contributed by atoms with Crippen molar-refractivity contribution in [3.05, 3.63) is 23.0 Å². The van der Waals surface area contributed by atoms with Gasteiger partial charge < -0.3 is 14.6 Å². The number of aromatic nitrogens is 1. The fourth-order valence-corrected chi connectivity index (χ4v) is 1.68. The Balaban J connectivity index is 2.86. The third-order valence-electron chi connectivity index (χ3n) is 3.02. The van der Waals surface area contributed by atoms with E-state index in [-0.39, 0.29) is 11.2 Å². The number of ether oxygens (including phenoxy) is 2. The van der Waals surface area contributed by atoms with Crippen LogP contribution in [0.1, 0.15) is 42.0 Å². The maximum Gasteiger partial charge on any atom is 0.341 e. The van der Waals surface area contributed by atoms with E-state index in [1.165, 1.54) is 0 Å². The van der Waals surface area contributed by atoms with Crippen LogP contribution in [0.5, 0.6) is 5.75 Å². The van der Waals surface area contributed by atoms with Crippen molar-refractivity contribution in [1.29, 1.82) is 0 Å². The second kappa shape index (κ2) is 6.02. The minimum Gasteiger partial charge on any atom is -0.492 e. The quantitative estimate of drug-likeness (QED) is 0.858. The molecule has 0 aliphatic rings. The summed E-state index contributed by atoms with van der Waals surface area (Å²) in [7, 11) is 1.64. The lowest BCUT2D eigenvalue weighted by molar-refractivity contribution is 0.00536. The lowest BCUT2D eigenvalue weighted by Gasteiger charge is -2.23. The van der Waals surface area contributed by atoms with Gasteiger partial charge in [0.25, 0.3) is 0 Å². The summed E-state index contributed by atoms with van der Waals surface area (Å²) in [4.78, 5) is 15.4. The molecular weight excluding hydrogens is 246 g/mol. The Labute approximate surface area is 113 Å². The fraction of sp³-hybridized carbons (Fsp3) is 0.571. The Hall–Kier alpha value is -1.62. The molecule has 0 aliphatic heterocycles. The average Bonchev–Trinajstić information content (AvgIpc) is 2.27. The third kappa shape index (κ3) is 4.21. The summed E-state index contributed by atoms with van der Waals surface area (Å²) in [6.45, 7) is 7.78. The van der Waals surface area contributed by atoms with Gasteiger partial charge in [0.1, 0.15) is 11.3 Å². The molecule has 0 aliphatic carbocycles. The van der Waals surface area contributed by atoms with Crippen molar-refractivity contribution in [3.8, 4) is 5.75 Å². The molecule has 5 nitrogen and oxygen atoms in total. The molecule has 1 aromatic heterocycles. The van der Waals surface area contributed by atoms with Crippen LogP contribution in [-0.4, -0.2) is 35.4 Å². The Morgan fingerprint density at radius 2 is 2.05 bits per heavy atom. The second-order valence-electron chi connectivity index (χ2n) is 5.09. The van der Waals surface area contributed by atoms with Crippen LogP contribution in [-0.2, 0) is 4.74 Å². The highest BCUT2D eigenvalue weighted by atomic mass is 16.5. The standard InChI is InChI=1S/C14H21NO4/c1-9-8-11(12(13(16)17)10(2)15-9)19-7-6-14(3,4)18-5/h8H,6-7H2,1-5H3,(H,16,17). The van der Waals surface area contributed by atoms with Gasteiger partial charge in [0.15, 0.2) is 0 Å². The van der Waals surface area contributed by atoms with Crippen molar-refractivity contribution in [3.63, 3.8) is 0 Å². The molecule has 19 heavy (non-hydrogen) atoms. The van der Waals surface area contributed by atoms with Crippen molar-refractivity contribution >= 4 is 5.97 Å². The van der Waals surface area contributed by atoms with Crippen LogP contribution in [0.3, 0.4) is 0 Å². The summed E-state index contributed by atoms with van der Waals surface area (Å²) >= 11 is 0. The van der Waals surface area contributed by atoms with Gasteiger partial charge >= 0.3 is 5.97 Å². The Morgan fingerprint density at radius 3 is 2.58 bits per heavy atom. The zero-order chi connectivity index (χ0) is 14.6. The maximum absolute atomic E-state index is 11.2. The number of rotatable bonds is 6. The molecule has 0 fully saturated rings. The van der Waals surface area contributed by atoms with Crippen LogP contribution >= 0.6 is 0 Å². The number of methoxy groups -OCH3 is 1. The summed E-state index contributed by atoms with van der Waals surface area (Å²) in [6.07, 6.45) is 0.670. The zero-order valence-corrected chi connectivity index (χ0v) is 12.1. The van der Waals surface area contributed by atoms with Crippen LogP contribution in [0.15, 0.2) is 6.07 Å². The minimum absolute atomic E-state index is 0.126. The van der Waals surface area contributed by atoms with Crippen molar-refractivity contribution in [2.75, 3.05) is 13.7 Å². The first-order valence-electron chi connectivity index (χ1n) is 6.16. The van der Waals surface area contributed by atoms with Crippen LogP contribution in [0.4, 0.5) is 0 Å². The van der Waals surface area contributed by atoms with Crippen LogP contribution in [0, 0.1) is 13.8 Å². The summed E-state index contributed by atoms with van der Waals surface area (Å²) < 4.78 is 10.9. The molecule has 0 saturated carbocycles. The van der Waals surface area contributed by atoms with Gasteiger partial charge in [0.2, 0.25) is 0 Å². The van der Waals surface area contributed by atoms with Crippen molar-refractivity contribution < 1.29 is 19.4 Å². The topological polar surface area (TPSA) is 68.7 Å². The van der Waals surface area contributed by atoms with Crippen molar-refractivity contribution in [2.45, 2.75) is 39.7 Å². The number of aryl methyl sites for hydroxylation is 2. The lowest BCUT2D eigenvalue weighted by Crippen LogP contribution is -2.25. The van der Waals surface area contributed by atoms with Gasteiger partial charge in [-0.1, -0.05) is 0 Å². The molecular formula is C14H21NO4. The largest absolute Gasteiger partial charge is 0.492 e. The van der Waals surface area contributed by atoms with E-state index in [0.717, 1.165) is 5.69 Å². The van der Waals surface area contributed by atoms with Crippen LogP contribution in [0.25, 0.3) is 0 Å². The summed E-state index contributed by atoms with van der Waals surface area (Å²) in [5.74, 6) is -0.657. The molecule has 0 unspecified atom stereocenters. The van der Waals surface area contributed by atoms with Gasteiger partial charge in [-0.05, 0) is 27.7 Å². The molecule has 1 rings (SSSR count). The number of hydrogen-bond donors (Lipinski definition) is 1. The van der Waals surface area contributed by atoms with E-state index in [2.05, 4.69) is 4.98 Å². The molecule has 0 aromatic carbocycles. The van der Waals surface area contributed by atoms with E-state index in [0.29, 0.717) is 24.5 Å². The van der Waals surface area contributed by atoms with Crippen molar-refractivity contribution in [2.24, 2.45) is 0 Å². The molecule has 5 heteroatoms. The molecule has 106 valence electrons. The average molecular weight is 267 g/mol. The number of carbonyl (C=O) groups is 1. The molecule has 0 spiro atoms. The zero-order valence-electron chi connectivity index (χ0n) is 12.1. The monoisotopic (exact) mass is 267 g/mol. The molecule has 0 saturated heterocycles. The van der Waals surface area contributed by atoms with E-state index in [1.807, 2.05) is 20.8 Å². The van der Waals surface area contributed by atoms with E-state index in [9.17, 15) is 9.90 Å². The Morgan fingerprint density at radius 1 is 1.42 bits per heavy atom. The van der Waals surface area contributed by atoms with E-state index in [1.54, 1.807) is 20.1 Å². The van der Waals surface area contributed by atoms with E-state index < -0.39 is 5.97 Å². The minimum atomic E-state index is -1.02. The molecule has 0 radical (unpaired) electrons. The highest BCUT2D eigenvalue weighted by Crippen LogP contribution is 2.23. The maximum atomic E-state index is 11.2. The number of hydrogen-bond acceptors (Lipinski definition) is 4. The van der Waals surface area contributed by atoms with E-state index in [4.69, 9.17) is 9.47 Å². The number of nitrogens with zero attached hydrogens (tertiary/aromatic N) is 1. The normalized spacial score (nSPS) is 11.4. The first-order chi connectivity index (χ1) is 8.76. The molecule has 1 heterocycles. The van der Waals surface area contributed by atoms with Gasteiger partial charge in [-0.15, -0.1) is 0 Å². The summed E-state index contributed by atoms with van der Waals surface area (Å²) in [5.41, 5.74) is 1.04. The predicted molar refractivity (Wildman–Crippen MR) is 71.9 cm³/mol. The van der Waals surface area contributed by atoms with Crippen molar-refractivity contribution in [1.82, 2.24) is 4.98 Å². The second-order valence-corrected chi connectivity index (χ2v) is 5.09. The van der Waals surface area contributed by atoms with Crippen LogP contribution in [0.2, 0.25) is 0 Å².